The van der Waals surface area contributed by atoms with Crippen molar-refractivity contribution in [3.8, 4) is 0 Å². The highest BCUT2D eigenvalue weighted by atomic mass is 32.1. The molecule has 0 N–H and O–H groups in total. The topological polar surface area (TPSA) is 35.0 Å². The molecule has 0 atom stereocenters. The lowest BCUT2D eigenvalue weighted by atomic mass is 10.2. The number of aromatic nitrogens is 2. The van der Waals surface area contributed by atoms with Gasteiger partial charge in [0.2, 0.25) is 0 Å². The van der Waals surface area contributed by atoms with Crippen LogP contribution in [0.25, 0.3) is 10.3 Å². The van der Waals surface area contributed by atoms with E-state index in [2.05, 4.69) is 28.2 Å². The summed E-state index contributed by atoms with van der Waals surface area (Å²) < 4.78 is 5.69. The number of hydrogen-bond donors (Lipinski definition) is 0. The first-order valence-electron chi connectivity index (χ1n) is 6.15. The van der Waals surface area contributed by atoms with Crippen LogP contribution in [-0.2, 0) is 18.0 Å². The second kappa shape index (κ2) is 5.47. The van der Waals surface area contributed by atoms with Gasteiger partial charge in [-0.3, -0.25) is 0 Å². The van der Waals surface area contributed by atoms with Crippen molar-refractivity contribution in [1.29, 1.82) is 0 Å². The third kappa shape index (κ3) is 2.97. The van der Waals surface area contributed by atoms with Gasteiger partial charge in [0.25, 0.3) is 0 Å². The van der Waals surface area contributed by atoms with Gasteiger partial charge in [-0.05, 0) is 24.1 Å². The molecule has 3 rings (SSSR count). The second-order valence-electron chi connectivity index (χ2n) is 4.42. The van der Waals surface area contributed by atoms with Gasteiger partial charge in [0.05, 0.1) is 13.2 Å². The standard InChI is InChI=1S/C15H14N2OS/c1-11-7-13-15(16-8-11)19-14(17-13)10-18-9-12-5-3-2-4-6-12/h2-8H,9-10H2,1H3. The predicted molar refractivity (Wildman–Crippen MR) is 77.1 cm³/mol. The lowest BCUT2D eigenvalue weighted by Gasteiger charge is -2.01. The molecule has 0 saturated carbocycles. The van der Waals surface area contributed by atoms with E-state index in [1.165, 1.54) is 5.56 Å². The molecule has 19 heavy (non-hydrogen) atoms. The summed E-state index contributed by atoms with van der Waals surface area (Å²) in [7, 11) is 0. The molecule has 0 spiro atoms. The minimum atomic E-state index is 0.537. The Hall–Kier alpha value is -1.78. The molecule has 0 aliphatic rings. The van der Waals surface area contributed by atoms with Gasteiger partial charge in [-0.25, -0.2) is 9.97 Å². The van der Waals surface area contributed by atoms with Crippen molar-refractivity contribution >= 4 is 21.7 Å². The lowest BCUT2D eigenvalue weighted by Crippen LogP contribution is -1.93. The second-order valence-corrected chi connectivity index (χ2v) is 5.49. The maximum atomic E-state index is 5.69. The zero-order chi connectivity index (χ0) is 13.1. The van der Waals surface area contributed by atoms with E-state index in [0.29, 0.717) is 13.2 Å². The summed E-state index contributed by atoms with van der Waals surface area (Å²) in [6.45, 7) is 3.18. The normalized spacial score (nSPS) is 11.0. The van der Waals surface area contributed by atoms with Crippen LogP contribution in [0.5, 0.6) is 0 Å². The summed E-state index contributed by atoms with van der Waals surface area (Å²) in [5.41, 5.74) is 3.27. The number of aryl methyl sites for hydroxylation is 1. The smallest absolute Gasteiger partial charge is 0.143 e. The van der Waals surface area contributed by atoms with Crippen molar-refractivity contribution < 1.29 is 4.74 Å². The summed E-state index contributed by atoms with van der Waals surface area (Å²) in [6.07, 6.45) is 1.87. The molecule has 0 unspecified atom stereocenters. The van der Waals surface area contributed by atoms with Crippen LogP contribution in [0.2, 0.25) is 0 Å². The van der Waals surface area contributed by atoms with Gasteiger partial charge in [0, 0.05) is 6.20 Å². The first kappa shape index (κ1) is 12.3. The van der Waals surface area contributed by atoms with Crippen LogP contribution < -0.4 is 0 Å². The average molecular weight is 270 g/mol. The molecule has 0 radical (unpaired) electrons. The molecule has 1 aromatic carbocycles. The van der Waals surface area contributed by atoms with E-state index >= 15 is 0 Å². The summed E-state index contributed by atoms with van der Waals surface area (Å²) >= 11 is 1.59. The monoisotopic (exact) mass is 270 g/mol. The molecular weight excluding hydrogens is 256 g/mol. The van der Waals surface area contributed by atoms with Crippen LogP contribution in [-0.4, -0.2) is 9.97 Å². The first-order chi connectivity index (χ1) is 9.31. The Balaban J connectivity index is 1.65. The fraction of sp³-hybridized carbons (Fsp3) is 0.200. The fourth-order valence-electron chi connectivity index (χ4n) is 1.86. The molecule has 96 valence electrons. The van der Waals surface area contributed by atoms with Gasteiger partial charge < -0.3 is 4.74 Å². The van der Waals surface area contributed by atoms with E-state index in [1.807, 2.05) is 31.3 Å². The number of thiazole rings is 1. The van der Waals surface area contributed by atoms with E-state index < -0.39 is 0 Å². The Morgan fingerprint density at radius 1 is 1.16 bits per heavy atom. The van der Waals surface area contributed by atoms with Crippen LogP contribution in [0, 0.1) is 6.92 Å². The summed E-state index contributed by atoms with van der Waals surface area (Å²) in [6, 6.07) is 12.2. The van der Waals surface area contributed by atoms with Gasteiger partial charge in [-0.1, -0.05) is 41.7 Å². The van der Waals surface area contributed by atoms with Crippen molar-refractivity contribution in [2.45, 2.75) is 20.1 Å². The number of pyridine rings is 1. The first-order valence-corrected chi connectivity index (χ1v) is 6.96. The maximum absolute atomic E-state index is 5.69. The number of hydrogen-bond acceptors (Lipinski definition) is 4. The quantitative estimate of drug-likeness (QED) is 0.724. The Bertz CT molecular complexity index is 679. The molecule has 0 saturated heterocycles. The highest BCUT2D eigenvalue weighted by Crippen LogP contribution is 2.21. The number of rotatable bonds is 4. The molecule has 4 heteroatoms. The van der Waals surface area contributed by atoms with Crippen LogP contribution in [0.4, 0.5) is 0 Å². The fourth-order valence-corrected chi connectivity index (χ4v) is 2.68. The Morgan fingerprint density at radius 3 is 2.84 bits per heavy atom. The van der Waals surface area contributed by atoms with Crippen molar-refractivity contribution in [3.63, 3.8) is 0 Å². The zero-order valence-corrected chi connectivity index (χ0v) is 11.5. The number of nitrogens with zero attached hydrogens (tertiary/aromatic N) is 2. The highest BCUT2D eigenvalue weighted by molar-refractivity contribution is 7.18. The summed E-state index contributed by atoms with van der Waals surface area (Å²) in [5, 5.41) is 0.976. The predicted octanol–water partition coefficient (Wildman–Crippen LogP) is 3.72. The van der Waals surface area contributed by atoms with Crippen LogP contribution in [0.1, 0.15) is 16.1 Å². The summed E-state index contributed by atoms with van der Waals surface area (Å²) in [4.78, 5) is 9.88. The van der Waals surface area contributed by atoms with E-state index in [9.17, 15) is 0 Å². The van der Waals surface area contributed by atoms with E-state index in [4.69, 9.17) is 4.74 Å². The molecular formula is C15H14N2OS. The van der Waals surface area contributed by atoms with Crippen molar-refractivity contribution in [2.24, 2.45) is 0 Å². The Morgan fingerprint density at radius 2 is 2.00 bits per heavy atom. The summed E-state index contributed by atoms with van der Waals surface area (Å²) in [5.74, 6) is 0. The molecule has 2 aromatic heterocycles. The molecule has 0 aliphatic heterocycles. The minimum absolute atomic E-state index is 0.537. The van der Waals surface area contributed by atoms with Gasteiger partial charge >= 0.3 is 0 Å². The van der Waals surface area contributed by atoms with E-state index in [1.54, 1.807) is 11.3 Å². The van der Waals surface area contributed by atoms with Crippen molar-refractivity contribution in [1.82, 2.24) is 9.97 Å². The highest BCUT2D eigenvalue weighted by Gasteiger charge is 2.05. The van der Waals surface area contributed by atoms with Crippen molar-refractivity contribution in [2.75, 3.05) is 0 Å². The molecule has 3 nitrogen and oxygen atoms in total. The van der Waals surface area contributed by atoms with Gasteiger partial charge in [0.15, 0.2) is 0 Å². The Kier molecular flexibility index (Phi) is 3.53. The largest absolute Gasteiger partial charge is 0.370 e. The lowest BCUT2D eigenvalue weighted by molar-refractivity contribution is 0.107. The van der Waals surface area contributed by atoms with E-state index in [-0.39, 0.29) is 0 Å². The van der Waals surface area contributed by atoms with Crippen LogP contribution in [0.15, 0.2) is 42.6 Å². The van der Waals surface area contributed by atoms with Gasteiger partial charge in [-0.15, -0.1) is 0 Å². The third-order valence-electron chi connectivity index (χ3n) is 2.77. The minimum Gasteiger partial charge on any atom is -0.370 e. The molecule has 0 amide bonds. The SMILES string of the molecule is Cc1cnc2sc(COCc3ccccc3)nc2c1. The molecule has 0 bridgehead atoms. The number of fused-ring (bicyclic) bond motifs is 1. The molecule has 0 fully saturated rings. The number of benzene rings is 1. The van der Waals surface area contributed by atoms with Gasteiger partial charge in [-0.2, -0.15) is 0 Å². The van der Waals surface area contributed by atoms with E-state index in [0.717, 1.165) is 20.9 Å². The van der Waals surface area contributed by atoms with Crippen LogP contribution in [0.3, 0.4) is 0 Å². The van der Waals surface area contributed by atoms with Crippen molar-refractivity contribution in [3.05, 3.63) is 58.7 Å². The molecule has 2 heterocycles. The van der Waals surface area contributed by atoms with Crippen LogP contribution >= 0.6 is 11.3 Å². The molecule has 0 aliphatic carbocycles. The average Bonchev–Trinajstić information content (AvgIpc) is 2.82. The number of ether oxygens (including phenoxy) is 1. The van der Waals surface area contributed by atoms with Gasteiger partial charge in [0.1, 0.15) is 15.4 Å². The maximum Gasteiger partial charge on any atom is 0.143 e. The Labute approximate surface area is 115 Å². The zero-order valence-electron chi connectivity index (χ0n) is 10.7. The third-order valence-corrected chi connectivity index (χ3v) is 3.72. The molecule has 3 aromatic rings.